The van der Waals surface area contributed by atoms with E-state index in [1.165, 1.54) is 18.2 Å². The summed E-state index contributed by atoms with van der Waals surface area (Å²) >= 11 is 5.69. The van der Waals surface area contributed by atoms with E-state index in [1.54, 1.807) is 25.3 Å². The number of anilines is 1. The Labute approximate surface area is 153 Å². The van der Waals surface area contributed by atoms with Crippen LogP contribution in [0.3, 0.4) is 0 Å². The molecule has 0 aliphatic rings. The largest absolute Gasteiger partial charge is 0.497 e. The lowest BCUT2D eigenvalue weighted by atomic mass is 10.1. The van der Waals surface area contributed by atoms with Crippen LogP contribution in [-0.4, -0.2) is 18.0 Å². The minimum atomic E-state index is -0.553. The minimum Gasteiger partial charge on any atom is -0.497 e. The number of H-pyrrole nitrogens is 1. The summed E-state index contributed by atoms with van der Waals surface area (Å²) in [5.41, 5.74) is 1.36. The van der Waals surface area contributed by atoms with Gasteiger partial charge in [0.05, 0.1) is 12.1 Å². The molecule has 0 radical (unpaired) electrons. The van der Waals surface area contributed by atoms with Crippen molar-refractivity contribution in [1.82, 2.24) is 4.98 Å². The molecule has 7 heteroatoms. The van der Waals surface area contributed by atoms with Crippen LogP contribution in [0.1, 0.15) is 12.0 Å². The third-order valence-corrected chi connectivity index (χ3v) is 4.24. The number of pyridine rings is 1. The summed E-state index contributed by atoms with van der Waals surface area (Å²) in [6, 6.07) is 11.0. The van der Waals surface area contributed by atoms with E-state index in [0.29, 0.717) is 22.5 Å². The lowest BCUT2D eigenvalue weighted by molar-refractivity contribution is -0.116. The van der Waals surface area contributed by atoms with Gasteiger partial charge in [0, 0.05) is 28.6 Å². The van der Waals surface area contributed by atoms with Crippen molar-refractivity contribution < 1.29 is 13.9 Å². The number of hydrogen-bond donors (Lipinski definition) is 2. The average Bonchev–Trinajstić information content (AvgIpc) is 2.62. The molecule has 3 rings (SSSR count). The molecular weight excluding hydrogens is 359 g/mol. The highest BCUT2D eigenvalue weighted by molar-refractivity contribution is 6.31. The molecule has 2 aromatic carbocycles. The molecule has 0 aliphatic heterocycles. The third kappa shape index (κ3) is 4.03. The Morgan fingerprint density at radius 1 is 1.23 bits per heavy atom. The van der Waals surface area contributed by atoms with Crippen molar-refractivity contribution in [2.24, 2.45) is 0 Å². The maximum absolute atomic E-state index is 13.1. The van der Waals surface area contributed by atoms with E-state index in [1.807, 2.05) is 6.07 Å². The predicted octanol–water partition coefficient (Wildman–Crippen LogP) is 3.90. The van der Waals surface area contributed by atoms with E-state index in [9.17, 15) is 14.0 Å². The molecule has 0 saturated carbocycles. The first-order valence-corrected chi connectivity index (χ1v) is 8.29. The van der Waals surface area contributed by atoms with Crippen molar-refractivity contribution in [2.45, 2.75) is 12.8 Å². The molecule has 0 aliphatic carbocycles. The van der Waals surface area contributed by atoms with Gasteiger partial charge in [-0.05, 0) is 48.9 Å². The summed E-state index contributed by atoms with van der Waals surface area (Å²) in [5.74, 6) is -0.165. The van der Waals surface area contributed by atoms with Gasteiger partial charge in [-0.3, -0.25) is 9.59 Å². The number of halogens is 2. The first-order valence-electron chi connectivity index (χ1n) is 7.91. The highest BCUT2D eigenvalue weighted by atomic mass is 35.5. The number of amides is 1. The molecule has 0 spiro atoms. The lowest BCUT2D eigenvalue weighted by Gasteiger charge is -2.07. The van der Waals surface area contributed by atoms with E-state index in [-0.39, 0.29) is 29.3 Å². The van der Waals surface area contributed by atoms with Gasteiger partial charge in [-0.1, -0.05) is 11.6 Å². The number of aromatic nitrogens is 1. The van der Waals surface area contributed by atoms with E-state index < -0.39 is 5.82 Å². The van der Waals surface area contributed by atoms with Gasteiger partial charge in [-0.25, -0.2) is 4.39 Å². The second-order valence-electron chi connectivity index (χ2n) is 5.75. The summed E-state index contributed by atoms with van der Waals surface area (Å²) in [7, 11) is 1.57. The Hall–Kier alpha value is -2.86. The Morgan fingerprint density at radius 2 is 2.04 bits per heavy atom. The van der Waals surface area contributed by atoms with Crippen LogP contribution in [0.15, 0.2) is 47.3 Å². The summed E-state index contributed by atoms with van der Waals surface area (Å²) in [6.45, 7) is 0. The monoisotopic (exact) mass is 374 g/mol. The lowest BCUT2D eigenvalue weighted by Crippen LogP contribution is -2.17. The van der Waals surface area contributed by atoms with E-state index >= 15 is 0 Å². The number of hydrogen-bond acceptors (Lipinski definition) is 3. The van der Waals surface area contributed by atoms with Gasteiger partial charge < -0.3 is 15.0 Å². The van der Waals surface area contributed by atoms with Gasteiger partial charge in [0.25, 0.3) is 5.56 Å². The number of aryl methyl sites for hydroxylation is 1. The second kappa shape index (κ2) is 7.58. The standard InChI is InChI=1S/C19H16ClFN2O3/c1-26-14-4-6-17-12(9-14)8-11(19(25)23-17)2-7-18(24)22-13-3-5-16(21)15(20)10-13/h3-6,8-10H,2,7H2,1H3,(H,22,24)(H,23,25). The number of ether oxygens (including phenoxy) is 1. The summed E-state index contributed by atoms with van der Waals surface area (Å²) < 4.78 is 18.3. The minimum absolute atomic E-state index is 0.0669. The number of rotatable bonds is 5. The average molecular weight is 375 g/mol. The van der Waals surface area contributed by atoms with Crippen LogP contribution >= 0.6 is 11.6 Å². The zero-order valence-electron chi connectivity index (χ0n) is 13.9. The molecular formula is C19H16ClFN2O3. The fraction of sp³-hybridized carbons (Fsp3) is 0.158. The SMILES string of the molecule is COc1ccc2[nH]c(=O)c(CCC(=O)Nc3ccc(F)c(Cl)c3)cc2c1. The Balaban J connectivity index is 1.72. The van der Waals surface area contributed by atoms with Crippen molar-refractivity contribution in [3.05, 3.63) is 69.2 Å². The summed E-state index contributed by atoms with van der Waals surface area (Å²) in [4.78, 5) is 27.0. The molecule has 0 atom stereocenters. The van der Waals surface area contributed by atoms with E-state index in [4.69, 9.17) is 16.3 Å². The molecule has 0 fully saturated rings. The zero-order valence-corrected chi connectivity index (χ0v) is 14.7. The van der Waals surface area contributed by atoms with Crippen molar-refractivity contribution in [3.8, 4) is 5.75 Å². The van der Waals surface area contributed by atoms with Crippen LogP contribution in [-0.2, 0) is 11.2 Å². The van der Waals surface area contributed by atoms with Crippen LogP contribution in [0.5, 0.6) is 5.75 Å². The Kier molecular flexibility index (Phi) is 5.23. The molecule has 134 valence electrons. The van der Waals surface area contributed by atoms with Gasteiger partial charge in [-0.2, -0.15) is 0 Å². The highest BCUT2D eigenvalue weighted by Crippen LogP contribution is 2.20. The summed E-state index contributed by atoms with van der Waals surface area (Å²) in [5, 5.41) is 3.39. The number of benzene rings is 2. The fourth-order valence-corrected chi connectivity index (χ4v) is 2.77. The van der Waals surface area contributed by atoms with Crippen molar-refractivity contribution in [1.29, 1.82) is 0 Å². The number of carbonyl (C=O) groups excluding carboxylic acids is 1. The third-order valence-electron chi connectivity index (χ3n) is 3.95. The Bertz CT molecular complexity index is 1030. The van der Waals surface area contributed by atoms with E-state index in [0.717, 1.165) is 5.39 Å². The maximum atomic E-state index is 13.1. The zero-order chi connectivity index (χ0) is 18.7. The van der Waals surface area contributed by atoms with Gasteiger partial charge >= 0.3 is 0 Å². The number of methoxy groups -OCH3 is 1. The first kappa shape index (κ1) is 17.9. The molecule has 1 heterocycles. The van der Waals surface area contributed by atoms with Crippen LogP contribution in [0.4, 0.5) is 10.1 Å². The Morgan fingerprint density at radius 3 is 2.77 bits per heavy atom. The number of aromatic amines is 1. The second-order valence-corrected chi connectivity index (χ2v) is 6.16. The predicted molar refractivity (Wildman–Crippen MR) is 99.5 cm³/mol. The maximum Gasteiger partial charge on any atom is 0.251 e. The first-order chi connectivity index (χ1) is 12.5. The highest BCUT2D eigenvalue weighted by Gasteiger charge is 2.09. The molecule has 0 saturated heterocycles. The van der Waals surface area contributed by atoms with Gasteiger partial charge in [-0.15, -0.1) is 0 Å². The smallest absolute Gasteiger partial charge is 0.251 e. The molecule has 2 N–H and O–H groups in total. The molecule has 1 aromatic heterocycles. The van der Waals surface area contributed by atoms with Crippen molar-refractivity contribution >= 4 is 34.1 Å². The number of nitrogens with one attached hydrogen (secondary N) is 2. The topological polar surface area (TPSA) is 71.2 Å². The number of fused-ring (bicyclic) bond motifs is 1. The normalized spacial score (nSPS) is 10.7. The van der Waals surface area contributed by atoms with Crippen molar-refractivity contribution in [2.75, 3.05) is 12.4 Å². The van der Waals surface area contributed by atoms with Gasteiger partial charge in [0.15, 0.2) is 0 Å². The van der Waals surface area contributed by atoms with Crippen LogP contribution in [0.25, 0.3) is 10.9 Å². The molecule has 0 bridgehead atoms. The van der Waals surface area contributed by atoms with Crippen LogP contribution in [0, 0.1) is 5.82 Å². The van der Waals surface area contributed by atoms with Gasteiger partial charge in [0.2, 0.25) is 5.91 Å². The van der Waals surface area contributed by atoms with Gasteiger partial charge in [0.1, 0.15) is 11.6 Å². The molecule has 3 aromatic rings. The van der Waals surface area contributed by atoms with Crippen molar-refractivity contribution in [3.63, 3.8) is 0 Å². The fourth-order valence-electron chi connectivity index (χ4n) is 2.59. The quantitative estimate of drug-likeness (QED) is 0.711. The molecule has 0 unspecified atom stereocenters. The van der Waals surface area contributed by atoms with Crippen LogP contribution < -0.4 is 15.6 Å². The summed E-state index contributed by atoms with van der Waals surface area (Å²) in [6.07, 6.45) is 0.372. The molecule has 1 amide bonds. The number of carbonyl (C=O) groups is 1. The molecule has 5 nitrogen and oxygen atoms in total. The van der Waals surface area contributed by atoms with E-state index in [2.05, 4.69) is 10.3 Å². The molecule has 26 heavy (non-hydrogen) atoms. The van der Waals surface area contributed by atoms with Crippen LogP contribution in [0.2, 0.25) is 5.02 Å².